The van der Waals surface area contributed by atoms with Crippen LogP contribution < -0.4 is 5.32 Å². The van der Waals surface area contributed by atoms with Crippen LogP contribution in [0.3, 0.4) is 0 Å². The van der Waals surface area contributed by atoms with Gasteiger partial charge in [0, 0.05) is 18.0 Å². The summed E-state index contributed by atoms with van der Waals surface area (Å²) in [5.74, 6) is -1.14. The first kappa shape index (κ1) is 12.8. The highest BCUT2D eigenvalue weighted by atomic mass is 19.1. The Morgan fingerprint density at radius 1 is 1.38 bits per heavy atom. The standard InChI is InChI=1S/C12H15F2NO/c1-12(2,8-15-5-6-16)10-4-3-9(13)7-11(10)14/h3-4,6-7,15H,5,8H2,1-2H3. The Morgan fingerprint density at radius 3 is 2.62 bits per heavy atom. The highest BCUT2D eigenvalue weighted by Crippen LogP contribution is 2.25. The molecular weight excluding hydrogens is 212 g/mol. The Morgan fingerprint density at radius 2 is 2.06 bits per heavy atom. The molecule has 1 rings (SSSR count). The first-order chi connectivity index (χ1) is 7.47. The van der Waals surface area contributed by atoms with Crippen LogP contribution in [0.25, 0.3) is 0 Å². The molecule has 0 spiro atoms. The van der Waals surface area contributed by atoms with Gasteiger partial charge in [-0.15, -0.1) is 0 Å². The number of aldehydes is 1. The first-order valence-electron chi connectivity index (χ1n) is 5.07. The van der Waals surface area contributed by atoms with Crippen molar-refractivity contribution >= 4 is 6.29 Å². The van der Waals surface area contributed by atoms with E-state index in [0.717, 1.165) is 12.4 Å². The van der Waals surface area contributed by atoms with Crippen LogP contribution in [0.2, 0.25) is 0 Å². The lowest BCUT2D eigenvalue weighted by atomic mass is 9.84. The van der Waals surface area contributed by atoms with Crippen LogP contribution in [0.4, 0.5) is 8.78 Å². The topological polar surface area (TPSA) is 29.1 Å². The molecule has 0 saturated carbocycles. The normalized spacial score (nSPS) is 11.5. The van der Waals surface area contributed by atoms with Crippen molar-refractivity contribution in [3.63, 3.8) is 0 Å². The summed E-state index contributed by atoms with van der Waals surface area (Å²) in [6.45, 7) is 4.35. The molecule has 0 aliphatic heterocycles. The van der Waals surface area contributed by atoms with E-state index < -0.39 is 17.0 Å². The SMILES string of the molecule is CC(C)(CNCC=O)c1ccc(F)cc1F. The highest BCUT2D eigenvalue weighted by Gasteiger charge is 2.23. The number of carbonyl (C=O) groups is 1. The van der Waals surface area contributed by atoms with Crippen LogP contribution in [0.1, 0.15) is 19.4 Å². The van der Waals surface area contributed by atoms with Crippen LogP contribution >= 0.6 is 0 Å². The molecule has 0 saturated heterocycles. The Labute approximate surface area is 93.7 Å². The van der Waals surface area contributed by atoms with Crippen molar-refractivity contribution in [2.24, 2.45) is 0 Å². The van der Waals surface area contributed by atoms with Gasteiger partial charge in [0.15, 0.2) is 0 Å². The molecule has 0 atom stereocenters. The van der Waals surface area contributed by atoms with Gasteiger partial charge >= 0.3 is 0 Å². The Bertz CT molecular complexity index is 377. The molecular formula is C12H15F2NO. The minimum atomic E-state index is -0.585. The molecule has 0 amide bonds. The number of benzene rings is 1. The summed E-state index contributed by atoms with van der Waals surface area (Å²) in [7, 11) is 0. The van der Waals surface area contributed by atoms with Gasteiger partial charge in [-0.25, -0.2) is 8.78 Å². The summed E-state index contributed by atoms with van der Waals surface area (Å²) < 4.78 is 26.3. The van der Waals surface area contributed by atoms with E-state index in [1.54, 1.807) is 0 Å². The molecule has 0 heterocycles. The van der Waals surface area contributed by atoms with E-state index in [2.05, 4.69) is 5.32 Å². The molecule has 0 aliphatic rings. The monoisotopic (exact) mass is 227 g/mol. The summed E-state index contributed by atoms with van der Waals surface area (Å²) in [4.78, 5) is 10.2. The van der Waals surface area contributed by atoms with Crippen molar-refractivity contribution in [3.05, 3.63) is 35.4 Å². The molecule has 0 bridgehead atoms. The lowest BCUT2D eigenvalue weighted by molar-refractivity contribution is -0.107. The predicted octanol–water partition coefficient (Wildman–Crippen LogP) is 2.03. The van der Waals surface area contributed by atoms with E-state index in [9.17, 15) is 13.6 Å². The van der Waals surface area contributed by atoms with Gasteiger partial charge in [0.1, 0.15) is 17.9 Å². The molecule has 0 radical (unpaired) electrons. The smallest absolute Gasteiger partial charge is 0.133 e. The lowest BCUT2D eigenvalue weighted by Crippen LogP contribution is -2.34. The lowest BCUT2D eigenvalue weighted by Gasteiger charge is -2.25. The van der Waals surface area contributed by atoms with Crippen molar-refractivity contribution < 1.29 is 13.6 Å². The van der Waals surface area contributed by atoms with Crippen LogP contribution in [0, 0.1) is 11.6 Å². The zero-order valence-corrected chi connectivity index (χ0v) is 9.39. The molecule has 88 valence electrons. The Kier molecular flexibility index (Phi) is 4.12. The molecule has 0 aliphatic carbocycles. The molecule has 2 nitrogen and oxygen atoms in total. The zero-order valence-electron chi connectivity index (χ0n) is 9.39. The van der Waals surface area contributed by atoms with E-state index in [-0.39, 0.29) is 6.54 Å². The predicted molar refractivity (Wildman–Crippen MR) is 58.3 cm³/mol. The average Bonchev–Trinajstić information content (AvgIpc) is 2.17. The summed E-state index contributed by atoms with van der Waals surface area (Å²) in [6, 6.07) is 3.55. The summed E-state index contributed by atoms with van der Waals surface area (Å²) in [6.07, 6.45) is 0.747. The number of carbonyl (C=O) groups excluding carboxylic acids is 1. The highest BCUT2D eigenvalue weighted by molar-refractivity contribution is 5.51. The fourth-order valence-corrected chi connectivity index (χ4v) is 1.58. The van der Waals surface area contributed by atoms with E-state index in [1.807, 2.05) is 13.8 Å². The van der Waals surface area contributed by atoms with E-state index in [0.29, 0.717) is 12.1 Å². The largest absolute Gasteiger partial charge is 0.309 e. The summed E-state index contributed by atoms with van der Waals surface area (Å²) >= 11 is 0. The second-order valence-electron chi connectivity index (χ2n) is 4.31. The Hall–Kier alpha value is -1.29. The number of hydrogen-bond acceptors (Lipinski definition) is 2. The molecule has 1 aromatic rings. The number of rotatable bonds is 5. The number of nitrogens with one attached hydrogen (secondary N) is 1. The van der Waals surface area contributed by atoms with Gasteiger partial charge in [-0.2, -0.15) is 0 Å². The van der Waals surface area contributed by atoms with Crippen molar-refractivity contribution in [1.29, 1.82) is 0 Å². The number of hydrogen-bond donors (Lipinski definition) is 1. The third-order valence-corrected chi connectivity index (χ3v) is 2.45. The van der Waals surface area contributed by atoms with E-state index in [4.69, 9.17) is 0 Å². The maximum atomic E-state index is 13.5. The van der Waals surface area contributed by atoms with Crippen molar-refractivity contribution in [3.8, 4) is 0 Å². The second-order valence-corrected chi connectivity index (χ2v) is 4.31. The van der Waals surface area contributed by atoms with Gasteiger partial charge in [0.2, 0.25) is 0 Å². The quantitative estimate of drug-likeness (QED) is 0.616. The molecule has 1 aromatic carbocycles. The second kappa shape index (κ2) is 5.16. The van der Waals surface area contributed by atoms with Crippen LogP contribution in [0.5, 0.6) is 0 Å². The summed E-state index contributed by atoms with van der Waals surface area (Å²) in [5, 5.41) is 2.89. The summed E-state index contributed by atoms with van der Waals surface area (Å²) in [5.41, 5.74) is -0.0480. The fourth-order valence-electron chi connectivity index (χ4n) is 1.58. The van der Waals surface area contributed by atoms with Crippen LogP contribution in [-0.4, -0.2) is 19.4 Å². The van der Waals surface area contributed by atoms with Crippen molar-refractivity contribution in [2.75, 3.05) is 13.1 Å². The molecule has 16 heavy (non-hydrogen) atoms. The molecule has 1 N–H and O–H groups in total. The third-order valence-electron chi connectivity index (χ3n) is 2.45. The maximum Gasteiger partial charge on any atom is 0.133 e. The van der Waals surface area contributed by atoms with E-state index >= 15 is 0 Å². The molecule has 0 unspecified atom stereocenters. The van der Waals surface area contributed by atoms with Crippen LogP contribution in [-0.2, 0) is 10.2 Å². The van der Waals surface area contributed by atoms with Crippen LogP contribution in [0.15, 0.2) is 18.2 Å². The Balaban J connectivity index is 2.84. The van der Waals surface area contributed by atoms with Gasteiger partial charge in [0.05, 0.1) is 6.54 Å². The molecule has 4 heteroatoms. The van der Waals surface area contributed by atoms with Gasteiger partial charge in [-0.1, -0.05) is 19.9 Å². The van der Waals surface area contributed by atoms with Gasteiger partial charge in [-0.05, 0) is 11.6 Å². The van der Waals surface area contributed by atoms with Gasteiger partial charge in [0.25, 0.3) is 0 Å². The van der Waals surface area contributed by atoms with Crippen molar-refractivity contribution in [2.45, 2.75) is 19.3 Å². The van der Waals surface area contributed by atoms with Gasteiger partial charge in [-0.3, -0.25) is 0 Å². The first-order valence-corrected chi connectivity index (χ1v) is 5.07. The maximum absolute atomic E-state index is 13.5. The zero-order chi connectivity index (χ0) is 12.2. The van der Waals surface area contributed by atoms with Gasteiger partial charge < -0.3 is 10.1 Å². The van der Waals surface area contributed by atoms with E-state index in [1.165, 1.54) is 12.1 Å². The molecule has 0 fully saturated rings. The fraction of sp³-hybridized carbons (Fsp3) is 0.417. The van der Waals surface area contributed by atoms with Crippen molar-refractivity contribution in [1.82, 2.24) is 5.32 Å². The minimum Gasteiger partial charge on any atom is -0.309 e. The average molecular weight is 227 g/mol. The number of halogens is 2. The molecule has 0 aromatic heterocycles. The third kappa shape index (κ3) is 3.10. The minimum absolute atomic E-state index is 0.228.